The summed E-state index contributed by atoms with van der Waals surface area (Å²) >= 11 is 0. The van der Waals surface area contributed by atoms with Crippen molar-refractivity contribution in [1.82, 2.24) is 0 Å². The lowest BCUT2D eigenvalue weighted by molar-refractivity contribution is -0.137. The van der Waals surface area contributed by atoms with Gasteiger partial charge in [0.15, 0.2) is 0 Å². The predicted molar refractivity (Wildman–Crippen MR) is 90.7 cm³/mol. The van der Waals surface area contributed by atoms with Crippen molar-refractivity contribution < 1.29 is 30.0 Å². The summed E-state index contributed by atoms with van der Waals surface area (Å²) in [4.78, 5) is 10.4. The molecule has 1 heterocycles. The minimum Gasteiger partial charge on any atom is -0.481 e. The first-order chi connectivity index (χ1) is 11.4. The van der Waals surface area contributed by atoms with Crippen LogP contribution in [0.25, 0.3) is 0 Å². The normalized spacial score (nSPS) is 26.8. The summed E-state index contributed by atoms with van der Waals surface area (Å²) in [6.07, 6.45) is 6.93. The second-order valence-electron chi connectivity index (χ2n) is 6.57. The lowest BCUT2D eigenvalue weighted by atomic mass is 10.0. The molecule has 0 amide bonds. The fourth-order valence-corrected chi connectivity index (χ4v) is 2.90. The van der Waals surface area contributed by atoms with E-state index in [9.17, 15) is 20.1 Å². The highest BCUT2D eigenvalue weighted by Crippen LogP contribution is 2.27. The molecule has 140 valence electrons. The smallest absolute Gasteiger partial charge is 0.303 e. The van der Waals surface area contributed by atoms with Gasteiger partial charge in [-0.15, -0.1) is 0 Å². The lowest BCUT2D eigenvalue weighted by Crippen LogP contribution is -2.25. The Morgan fingerprint density at radius 2 is 1.83 bits per heavy atom. The van der Waals surface area contributed by atoms with E-state index < -0.39 is 30.4 Å². The third-order valence-electron chi connectivity index (χ3n) is 4.46. The average Bonchev–Trinajstić information content (AvgIpc) is 2.92. The Labute approximate surface area is 144 Å². The number of carboxylic acids is 1. The zero-order chi connectivity index (χ0) is 17.9. The van der Waals surface area contributed by atoms with Gasteiger partial charge in [-0.05, 0) is 19.3 Å². The first-order valence-electron chi connectivity index (χ1n) is 9.03. The van der Waals surface area contributed by atoms with Crippen molar-refractivity contribution in [3.05, 3.63) is 12.2 Å². The van der Waals surface area contributed by atoms with Gasteiger partial charge in [0.25, 0.3) is 0 Å². The van der Waals surface area contributed by atoms with Crippen molar-refractivity contribution in [1.29, 1.82) is 0 Å². The van der Waals surface area contributed by atoms with Crippen LogP contribution in [0.1, 0.15) is 64.7 Å². The Morgan fingerprint density at radius 1 is 1.17 bits per heavy atom. The van der Waals surface area contributed by atoms with Crippen LogP contribution in [0.15, 0.2) is 12.2 Å². The molecular formula is C18H32O6. The predicted octanol–water partition coefficient (Wildman–Crippen LogP) is 2.01. The molecule has 1 saturated heterocycles. The number of aliphatic hydroxyl groups excluding tert-OH is 3. The van der Waals surface area contributed by atoms with Crippen molar-refractivity contribution in [3.8, 4) is 0 Å². The molecule has 0 radical (unpaired) electrons. The van der Waals surface area contributed by atoms with Gasteiger partial charge >= 0.3 is 5.97 Å². The van der Waals surface area contributed by atoms with Crippen molar-refractivity contribution in [3.63, 3.8) is 0 Å². The fourth-order valence-electron chi connectivity index (χ4n) is 2.90. The lowest BCUT2D eigenvalue weighted by Gasteiger charge is -2.17. The standard InChI is InChI=1S/C18H32O6/c1-2-13(19)10-11-14(20)17-12-15(21)16(24-17)8-6-4-3-5-7-9-18(22)23/h10-11,13-17,19-21H,2-9,12H2,1H3,(H,22,23)/b11-10+/t13-,14-,15+,16-,17-/m0/s1. The number of hydrogen-bond donors (Lipinski definition) is 4. The topological polar surface area (TPSA) is 107 Å². The summed E-state index contributed by atoms with van der Waals surface area (Å²) < 4.78 is 5.75. The van der Waals surface area contributed by atoms with Gasteiger partial charge in [-0.25, -0.2) is 0 Å². The van der Waals surface area contributed by atoms with Crippen LogP contribution >= 0.6 is 0 Å². The van der Waals surface area contributed by atoms with Crippen molar-refractivity contribution in [2.75, 3.05) is 0 Å². The summed E-state index contributed by atoms with van der Waals surface area (Å²) in [6, 6.07) is 0. The quantitative estimate of drug-likeness (QED) is 0.319. The number of aliphatic hydroxyl groups is 3. The van der Waals surface area contributed by atoms with Gasteiger partial charge in [-0.2, -0.15) is 0 Å². The Bertz CT molecular complexity index is 384. The van der Waals surface area contributed by atoms with Crippen LogP contribution in [0.2, 0.25) is 0 Å². The first-order valence-corrected chi connectivity index (χ1v) is 9.03. The van der Waals surface area contributed by atoms with Gasteiger partial charge in [-0.1, -0.05) is 44.8 Å². The van der Waals surface area contributed by atoms with Gasteiger partial charge < -0.3 is 25.2 Å². The minimum absolute atomic E-state index is 0.226. The van der Waals surface area contributed by atoms with E-state index in [0.717, 1.165) is 32.1 Å². The monoisotopic (exact) mass is 344 g/mol. The van der Waals surface area contributed by atoms with Crippen LogP contribution in [0.3, 0.4) is 0 Å². The molecule has 4 N–H and O–H groups in total. The third-order valence-corrected chi connectivity index (χ3v) is 4.46. The number of carboxylic acid groups (broad SMARTS) is 1. The van der Waals surface area contributed by atoms with E-state index >= 15 is 0 Å². The Morgan fingerprint density at radius 3 is 2.50 bits per heavy atom. The Hall–Kier alpha value is -0.950. The van der Waals surface area contributed by atoms with Gasteiger partial charge in [-0.3, -0.25) is 4.79 Å². The van der Waals surface area contributed by atoms with Crippen LogP contribution < -0.4 is 0 Å². The molecule has 0 aromatic carbocycles. The van der Waals surface area contributed by atoms with Gasteiger partial charge in [0.1, 0.15) is 0 Å². The average molecular weight is 344 g/mol. The summed E-state index contributed by atoms with van der Waals surface area (Å²) in [5.74, 6) is -0.748. The highest BCUT2D eigenvalue weighted by atomic mass is 16.5. The number of aliphatic carboxylic acids is 1. The Kier molecular flexibility index (Phi) is 10.2. The molecule has 0 spiro atoms. The van der Waals surface area contributed by atoms with E-state index in [1.165, 1.54) is 6.08 Å². The summed E-state index contributed by atoms with van der Waals surface area (Å²) in [5.41, 5.74) is 0. The largest absolute Gasteiger partial charge is 0.481 e. The zero-order valence-corrected chi connectivity index (χ0v) is 14.5. The van der Waals surface area contributed by atoms with Crippen LogP contribution in [-0.2, 0) is 9.53 Å². The second kappa shape index (κ2) is 11.6. The molecule has 0 aliphatic carbocycles. The summed E-state index contributed by atoms with van der Waals surface area (Å²) in [6.45, 7) is 1.86. The SMILES string of the molecule is CC[C@H](O)/C=C/[C@H](O)[C@@H]1C[C@@H](O)[C@H](CCCCCCCC(=O)O)O1. The molecule has 6 heteroatoms. The maximum Gasteiger partial charge on any atom is 0.303 e. The fraction of sp³-hybridized carbons (Fsp3) is 0.833. The van der Waals surface area contributed by atoms with Gasteiger partial charge in [0.2, 0.25) is 0 Å². The molecule has 0 unspecified atom stereocenters. The van der Waals surface area contributed by atoms with E-state index in [4.69, 9.17) is 9.84 Å². The number of unbranched alkanes of at least 4 members (excludes halogenated alkanes) is 4. The Balaban J connectivity index is 2.19. The number of rotatable bonds is 12. The van der Waals surface area contributed by atoms with Crippen molar-refractivity contribution >= 4 is 5.97 Å². The number of ether oxygens (including phenoxy) is 1. The van der Waals surface area contributed by atoms with Crippen molar-refractivity contribution in [2.24, 2.45) is 0 Å². The van der Waals surface area contributed by atoms with E-state index in [2.05, 4.69) is 0 Å². The first kappa shape index (κ1) is 21.1. The molecule has 0 saturated carbocycles. The molecule has 0 bridgehead atoms. The van der Waals surface area contributed by atoms with Gasteiger partial charge in [0, 0.05) is 12.8 Å². The molecule has 0 aromatic heterocycles. The van der Waals surface area contributed by atoms with Crippen LogP contribution in [0.4, 0.5) is 0 Å². The molecule has 1 rings (SSSR count). The molecule has 5 atom stereocenters. The highest BCUT2D eigenvalue weighted by molar-refractivity contribution is 5.66. The summed E-state index contributed by atoms with van der Waals surface area (Å²) in [5, 5.41) is 38.1. The third kappa shape index (κ3) is 8.24. The zero-order valence-electron chi connectivity index (χ0n) is 14.5. The van der Waals surface area contributed by atoms with E-state index in [1.807, 2.05) is 6.92 Å². The number of carbonyl (C=O) groups is 1. The molecule has 1 aliphatic rings. The molecule has 1 fully saturated rings. The molecular weight excluding hydrogens is 312 g/mol. The molecule has 6 nitrogen and oxygen atoms in total. The molecule has 0 aromatic rings. The van der Waals surface area contributed by atoms with Crippen LogP contribution in [-0.4, -0.2) is 56.9 Å². The van der Waals surface area contributed by atoms with E-state index in [1.54, 1.807) is 6.08 Å². The highest BCUT2D eigenvalue weighted by Gasteiger charge is 2.36. The van der Waals surface area contributed by atoms with E-state index in [-0.39, 0.29) is 12.5 Å². The molecule has 1 aliphatic heterocycles. The molecule has 24 heavy (non-hydrogen) atoms. The maximum absolute atomic E-state index is 10.4. The maximum atomic E-state index is 10.4. The van der Waals surface area contributed by atoms with Crippen LogP contribution in [0, 0.1) is 0 Å². The second-order valence-corrected chi connectivity index (χ2v) is 6.57. The van der Waals surface area contributed by atoms with E-state index in [0.29, 0.717) is 19.3 Å². The van der Waals surface area contributed by atoms with Crippen molar-refractivity contribution in [2.45, 2.75) is 95.2 Å². The minimum atomic E-state index is -0.818. The summed E-state index contributed by atoms with van der Waals surface area (Å²) in [7, 11) is 0. The van der Waals surface area contributed by atoms with Gasteiger partial charge in [0.05, 0.1) is 30.5 Å². The van der Waals surface area contributed by atoms with Crippen LogP contribution in [0.5, 0.6) is 0 Å². The number of hydrogen-bond acceptors (Lipinski definition) is 5.